The normalized spacial score (nSPS) is 39.9. The van der Waals surface area contributed by atoms with Crippen LogP contribution in [0, 0.1) is 0 Å². The van der Waals surface area contributed by atoms with Crippen molar-refractivity contribution in [1.82, 2.24) is 0 Å². The van der Waals surface area contributed by atoms with Crippen molar-refractivity contribution in [2.75, 3.05) is 0 Å². The summed E-state index contributed by atoms with van der Waals surface area (Å²) in [6.45, 7) is 3.63. The monoisotopic (exact) mass is 249 g/mol. The summed E-state index contributed by atoms with van der Waals surface area (Å²) in [5.74, 6) is -0.916. The summed E-state index contributed by atoms with van der Waals surface area (Å²) >= 11 is 0. The van der Waals surface area contributed by atoms with E-state index in [1.807, 2.05) is 6.92 Å². The highest BCUT2D eigenvalue weighted by Gasteiger charge is 2.46. The second-order valence-electron chi connectivity index (χ2n) is 4.15. The average Bonchev–Trinajstić information content (AvgIpc) is 2.29. The van der Waals surface area contributed by atoms with Crippen LogP contribution in [0.1, 0.15) is 20.3 Å². The molecule has 7 nitrogen and oxygen atoms in total. The van der Waals surface area contributed by atoms with E-state index in [1.165, 1.54) is 0 Å². The quantitative estimate of drug-likeness (QED) is 0.461. The molecule has 17 heavy (non-hydrogen) atoms. The molecule has 0 aliphatic carbocycles. The summed E-state index contributed by atoms with van der Waals surface area (Å²) in [5, 5.41) is 28.7. The van der Waals surface area contributed by atoms with Gasteiger partial charge in [-0.1, -0.05) is 6.92 Å². The molecule has 7 heteroatoms. The molecule has 1 fully saturated rings. The van der Waals surface area contributed by atoms with Crippen LogP contribution in [-0.2, 0) is 14.3 Å². The number of carbonyl (C=O) groups excluding carboxylic acids is 1. The highest BCUT2D eigenvalue weighted by atomic mass is 16.7. The Balaban J connectivity index is 2.74. The van der Waals surface area contributed by atoms with Gasteiger partial charge < -0.3 is 30.5 Å². The second kappa shape index (κ2) is 5.74. The number of aliphatic hydroxyl groups excluding tert-OH is 3. The first kappa shape index (κ1) is 14.3. The van der Waals surface area contributed by atoms with E-state index in [0.717, 1.165) is 0 Å². The maximum Gasteiger partial charge on any atom is 0.249 e. The topological polar surface area (TPSA) is 122 Å². The van der Waals surface area contributed by atoms with E-state index >= 15 is 0 Å². The van der Waals surface area contributed by atoms with Crippen molar-refractivity contribution in [1.29, 1.82) is 0 Å². The van der Waals surface area contributed by atoms with E-state index in [4.69, 9.17) is 15.2 Å². The van der Waals surface area contributed by atoms with Gasteiger partial charge in [0.25, 0.3) is 0 Å². The molecule has 1 rings (SSSR count). The molecule has 0 saturated carbocycles. The number of aliphatic hydroxyl groups is 3. The Morgan fingerprint density at radius 1 is 1.35 bits per heavy atom. The smallest absolute Gasteiger partial charge is 0.249 e. The van der Waals surface area contributed by atoms with Gasteiger partial charge in [-0.25, -0.2) is 0 Å². The molecule has 1 heterocycles. The van der Waals surface area contributed by atoms with Gasteiger partial charge in [0.15, 0.2) is 12.4 Å². The van der Waals surface area contributed by atoms with E-state index in [1.54, 1.807) is 6.92 Å². The fourth-order valence-electron chi connectivity index (χ4n) is 1.52. The van der Waals surface area contributed by atoms with Crippen LogP contribution in [0.25, 0.3) is 0 Å². The Hall–Kier alpha value is -0.730. The fourth-order valence-corrected chi connectivity index (χ4v) is 1.52. The minimum Gasteiger partial charge on any atom is -0.387 e. The maximum atomic E-state index is 11.0. The standard InChI is InChI=1S/C10H19NO6/c1-3-4(2)16-10-7(14)5(12)6(13)8(17-10)9(11)15/h4-8,10,12-14H,3H2,1-2H3,(H2,11,15)/t4?,5?,6-,7+,8?,10-/m0/s1. The zero-order chi connectivity index (χ0) is 13.2. The van der Waals surface area contributed by atoms with Crippen LogP contribution < -0.4 is 5.73 Å². The van der Waals surface area contributed by atoms with E-state index in [0.29, 0.717) is 6.42 Å². The van der Waals surface area contributed by atoms with E-state index in [-0.39, 0.29) is 6.10 Å². The van der Waals surface area contributed by atoms with Gasteiger partial charge in [0.1, 0.15) is 18.3 Å². The third kappa shape index (κ3) is 3.14. The number of amides is 1. The Bertz CT molecular complexity index is 274. The predicted molar refractivity (Wildman–Crippen MR) is 56.7 cm³/mol. The molecule has 1 aliphatic heterocycles. The van der Waals surface area contributed by atoms with Crippen LogP contribution in [0.3, 0.4) is 0 Å². The Morgan fingerprint density at radius 3 is 2.41 bits per heavy atom. The molecular weight excluding hydrogens is 230 g/mol. The molecule has 6 atom stereocenters. The third-order valence-corrected chi connectivity index (χ3v) is 2.79. The Kier molecular flexibility index (Phi) is 4.84. The summed E-state index contributed by atoms with van der Waals surface area (Å²) in [6, 6.07) is 0. The van der Waals surface area contributed by atoms with E-state index in [2.05, 4.69) is 0 Å². The van der Waals surface area contributed by atoms with E-state index < -0.39 is 36.6 Å². The molecule has 1 amide bonds. The highest BCUT2D eigenvalue weighted by Crippen LogP contribution is 2.23. The molecule has 0 spiro atoms. The lowest BCUT2D eigenvalue weighted by atomic mass is 9.98. The number of primary amides is 1. The van der Waals surface area contributed by atoms with Crippen molar-refractivity contribution in [2.24, 2.45) is 5.73 Å². The van der Waals surface area contributed by atoms with Crippen molar-refractivity contribution >= 4 is 5.91 Å². The third-order valence-electron chi connectivity index (χ3n) is 2.79. The zero-order valence-corrected chi connectivity index (χ0v) is 9.81. The van der Waals surface area contributed by atoms with Crippen molar-refractivity contribution in [3.05, 3.63) is 0 Å². The molecule has 1 aliphatic rings. The van der Waals surface area contributed by atoms with Gasteiger partial charge in [0, 0.05) is 0 Å². The van der Waals surface area contributed by atoms with Gasteiger partial charge in [-0.05, 0) is 13.3 Å². The number of hydrogen-bond acceptors (Lipinski definition) is 6. The molecule has 0 bridgehead atoms. The van der Waals surface area contributed by atoms with E-state index in [9.17, 15) is 20.1 Å². The van der Waals surface area contributed by atoms with Crippen LogP contribution in [0.2, 0.25) is 0 Å². The Morgan fingerprint density at radius 2 is 1.94 bits per heavy atom. The molecule has 0 aromatic carbocycles. The number of carbonyl (C=O) groups is 1. The number of hydrogen-bond donors (Lipinski definition) is 4. The summed E-state index contributed by atoms with van der Waals surface area (Å²) in [6.07, 6.45) is -6.62. The van der Waals surface area contributed by atoms with Crippen molar-refractivity contribution in [3.63, 3.8) is 0 Å². The van der Waals surface area contributed by atoms with Crippen LogP contribution in [0.5, 0.6) is 0 Å². The first-order valence-corrected chi connectivity index (χ1v) is 5.52. The van der Waals surface area contributed by atoms with Crippen molar-refractivity contribution in [3.8, 4) is 0 Å². The lowest BCUT2D eigenvalue weighted by molar-refractivity contribution is -0.299. The maximum absolute atomic E-state index is 11.0. The first-order chi connectivity index (χ1) is 7.88. The molecule has 5 N–H and O–H groups in total. The number of ether oxygens (including phenoxy) is 2. The SMILES string of the molecule is CCC(C)O[C@H]1OC(C(N)=O)[C@@H](O)C(O)[C@H]1O. The number of rotatable bonds is 4. The van der Waals surface area contributed by atoms with Crippen molar-refractivity contribution in [2.45, 2.75) is 57.1 Å². The highest BCUT2D eigenvalue weighted by molar-refractivity contribution is 5.79. The largest absolute Gasteiger partial charge is 0.387 e. The minimum absolute atomic E-state index is 0.217. The van der Waals surface area contributed by atoms with Gasteiger partial charge in [0.05, 0.1) is 6.10 Å². The molecule has 0 aromatic heterocycles. The van der Waals surface area contributed by atoms with Gasteiger partial charge in [-0.2, -0.15) is 0 Å². The predicted octanol–water partition coefficient (Wildman–Crippen LogP) is -1.91. The van der Waals surface area contributed by atoms with Crippen LogP contribution in [-0.4, -0.2) is 58.0 Å². The summed E-state index contributed by atoms with van der Waals surface area (Å²) in [4.78, 5) is 11.0. The first-order valence-electron chi connectivity index (χ1n) is 5.52. The molecule has 0 radical (unpaired) electrons. The molecule has 1 saturated heterocycles. The van der Waals surface area contributed by atoms with Gasteiger partial charge in [-0.15, -0.1) is 0 Å². The molecular formula is C10H19NO6. The van der Waals surface area contributed by atoms with Crippen molar-refractivity contribution < 1.29 is 29.6 Å². The summed E-state index contributed by atoms with van der Waals surface area (Å²) in [5.41, 5.74) is 5.02. The molecule has 100 valence electrons. The van der Waals surface area contributed by atoms with Crippen LogP contribution in [0.15, 0.2) is 0 Å². The number of nitrogens with two attached hydrogens (primary N) is 1. The summed E-state index contributed by atoms with van der Waals surface area (Å²) in [7, 11) is 0. The zero-order valence-electron chi connectivity index (χ0n) is 9.81. The molecule has 3 unspecified atom stereocenters. The van der Waals surface area contributed by atoms with Gasteiger partial charge >= 0.3 is 0 Å². The van der Waals surface area contributed by atoms with Crippen LogP contribution >= 0.6 is 0 Å². The van der Waals surface area contributed by atoms with Gasteiger partial charge in [-0.3, -0.25) is 4.79 Å². The fraction of sp³-hybridized carbons (Fsp3) is 0.900. The average molecular weight is 249 g/mol. The van der Waals surface area contributed by atoms with Gasteiger partial charge in [0.2, 0.25) is 5.91 Å². The lowest BCUT2D eigenvalue weighted by Crippen LogP contribution is -2.61. The summed E-state index contributed by atoms with van der Waals surface area (Å²) < 4.78 is 10.4. The molecule has 0 aromatic rings. The van der Waals surface area contributed by atoms with Crippen LogP contribution in [0.4, 0.5) is 0 Å². The Labute approximate surface area is 99.1 Å². The lowest BCUT2D eigenvalue weighted by Gasteiger charge is -2.39. The minimum atomic E-state index is -1.56. The second-order valence-corrected chi connectivity index (χ2v) is 4.15.